The van der Waals surface area contributed by atoms with Crippen molar-refractivity contribution in [2.75, 3.05) is 6.61 Å². The number of aliphatic hydroxyl groups excluding tert-OH is 1. The Morgan fingerprint density at radius 1 is 1.64 bits per heavy atom. The van der Waals surface area contributed by atoms with Gasteiger partial charge in [0.1, 0.15) is 5.60 Å². The Hall–Kier alpha value is -0.380. The highest BCUT2D eigenvalue weighted by atomic mass is 32.1. The third kappa shape index (κ3) is 1.80. The van der Waals surface area contributed by atoms with Crippen molar-refractivity contribution in [1.29, 1.82) is 0 Å². The standard InChI is InChI=1S/C8H12O2S/c1-6-3-7(4-11-6)8(2,10)5-9/h3-4,9-10H,5H2,1-2H3/t8-/m1/s1. The number of hydrogen-bond donors (Lipinski definition) is 2. The Morgan fingerprint density at radius 3 is 2.64 bits per heavy atom. The van der Waals surface area contributed by atoms with Gasteiger partial charge in [0.25, 0.3) is 0 Å². The van der Waals surface area contributed by atoms with Gasteiger partial charge in [0.15, 0.2) is 0 Å². The predicted octanol–water partition coefficient (Wildman–Crippen LogP) is 1.26. The van der Waals surface area contributed by atoms with Crippen LogP contribution in [0.3, 0.4) is 0 Å². The van der Waals surface area contributed by atoms with Crippen LogP contribution in [0.15, 0.2) is 11.4 Å². The van der Waals surface area contributed by atoms with Gasteiger partial charge in [0, 0.05) is 4.88 Å². The SMILES string of the molecule is Cc1cc([C@](C)(O)CO)cs1. The molecule has 11 heavy (non-hydrogen) atoms. The molecule has 0 aromatic carbocycles. The Balaban J connectivity index is 2.92. The van der Waals surface area contributed by atoms with E-state index in [9.17, 15) is 5.11 Å². The third-order valence-corrected chi connectivity index (χ3v) is 2.52. The summed E-state index contributed by atoms with van der Waals surface area (Å²) in [7, 11) is 0. The van der Waals surface area contributed by atoms with Crippen LogP contribution in [0.25, 0.3) is 0 Å². The molecule has 1 aromatic heterocycles. The molecule has 1 rings (SSSR count). The summed E-state index contributed by atoms with van der Waals surface area (Å²) >= 11 is 1.58. The second kappa shape index (κ2) is 2.93. The first kappa shape index (κ1) is 8.71. The second-order valence-corrected chi connectivity index (χ2v) is 3.99. The number of thiophene rings is 1. The molecule has 0 aliphatic heterocycles. The highest BCUT2D eigenvalue weighted by molar-refractivity contribution is 7.10. The molecule has 0 saturated heterocycles. The zero-order chi connectivity index (χ0) is 8.48. The maximum atomic E-state index is 9.56. The van der Waals surface area contributed by atoms with Crippen molar-refractivity contribution in [2.24, 2.45) is 0 Å². The van der Waals surface area contributed by atoms with Gasteiger partial charge in [-0.05, 0) is 30.9 Å². The Bertz CT molecular complexity index is 240. The molecule has 0 spiro atoms. The molecule has 3 heteroatoms. The highest BCUT2D eigenvalue weighted by Crippen LogP contribution is 2.24. The van der Waals surface area contributed by atoms with Crippen molar-refractivity contribution < 1.29 is 10.2 Å². The molecule has 0 unspecified atom stereocenters. The Morgan fingerprint density at radius 2 is 2.27 bits per heavy atom. The van der Waals surface area contributed by atoms with Gasteiger partial charge in [-0.2, -0.15) is 0 Å². The summed E-state index contributed by atoms with van der Waals surface area (Å²) in [5, 5.41) is 20.2. The number of rotatable bonds is 2. The maximum Gasteiger partial charge on any atom is 0.111 e. The van der Waals surface area contributed by atoms with Gasteiger partial charge in [0.05, 0.1) is 6.61 Å². The van der Waals surface area contributed by atoms with E-state index in [1.54, 1.807) is 18.3 Å². The fourth-order valence-electron chi connectivity index (χ4n) is 0.817. The van der Waals surface area contributed by atoms with Crippen LogP contribution in [-0.2, 0) is 5.60 Å². The van der Waals surface area contributed by atoms with Crippen LogP contribution in [0.5, 0.6) is 0 Å². The normalized spacial score (nSPS) is 16.4. The summed E-state index contributed by atoms with van der Waals surface area (Å²) in [6.45, 7) is 3.35. The molecule has 0 aliphatic rings. The lowest BCUT2D eigenvalue weighted by Crippen LogP contribution is -2.24. The van der Waals surface area contributed by atoms with E-state index in [0.29, 0.717) is 0 Å². The van der Waals surface area contributed by atoms with Gasteiger partial charge in [-0.25, -0.2) is 0 Å². The molecule has 1 atom stereocenters. The molecule has 1 heterocycles. The van der Waals surface area contributed by atoms with E-state index >= 15 is 0 Å². The Labute approximate surface area is 70.1 Å². The van der Waals surface area contributed by atoms with Gasteiger partial charge in [-0.1, -0.05) is 0 Å². The minimum absolute atomic E-state index is 0.233. The van der Waals surface area contributed by atoms with Crippen LogP contribution in [0.4, 0.5) is 0 Å². The van der Waals surface area contributed by atoms with Crippen LogP contribution >= 0.6 is 11.3 Å². The van der Waals surface area contributed by atoms with Crippen LogP contribution < -0.4 is 0 Å². The molecule has 0 bridgehead atoms. The summed E-state index contributed by atoms with van der Waals surface area (Å²) in [6.07, 6.45) is 0. The molecule has 62 valence electrons. The van der Waals surface area contributed by atoms with Crippen molar-refractivity contribution in [3.63, 3.8) is 0 Å². The van der Waals surface area contributed by atoms with Crippen molar-refractivity contribution in [2.45, 2.75) is 19.4 Å². The molecule has 2 nitrogen and oxygen atoms in total. The zero-order valence-corrected chi connectivity index (χ0v) is 7.48. The van der Waals surface area contributed by atoms with Crippen LogP contribution in [0.2, 0.25) is 0 Å². The molecular weight excluding hydrogens is 160 g/mol. The predicted molar refractivity (Wildman–Crippen MR) is 45.7 cm³/mol. The molecule has 0 amide bonds. The van der Waals surface area contributed by atoms with Gasteiger partial charge in [-0.3, -0.25) is 0 Å². The highest BCUT2D eigenvalue weighted by Gasteiger charge is 2.22. The van der Waals surface area contributed by atoms with Crippen molar-refractivity contribution >= 4 is 11.3 Å². The maximum absolute atomic E-state index is 9.56. The molecule has 0 fully saturated rings. The molecular formula is C8H12O2S. The summed E-state index contributed by atoms with van der Waals surface area (Å²) < 4.78 is 0. The van der Waals surface area contributed by atoms with Gasteiger partial charge < -0.3 is 10.2 Å². The van der Waals surface area contributed by atoms with E-state index in [1.165, 1.54) is 0 Å². The van der Waals surface area contributed by atoms with Crippen molar-refractivity contribution in [3.05, 3.63) is 21.9 Å². The van der Waals surface area contributed by atoms with E-state index in [2.05, 4.69) is 0 Å². The van der Waals surface area contributed by atoms with E-state index in [-0.39, 0.29) is 6.61 Å². The average Bonchev–Trinajstić information content (AvgIpc) is 2.36. The quantitative estimate of drug-likeness (QED) is 0.705. The van der Waals surface area contributed by atoms with E-state index in [1.807, 2.05) is 18.4 Å². The van der Waals surface area contributed by atoms with Crippen LogP contribution in [0, 0.1) is 6.92 Å². The lowest BCUT2D eigenvalue weighted by molar-refractivity contribution is -0.00195. The Kier molecular flexibility index (Phi) is 2.32. The smallest absolute Gasteiger partial charge is 0.111 e. The van der Waals surface area contributed by atoms with Crippen molar-refractivity contribution in [3.8, 4) is 0 Å². The largest absolute Gasteiger partial charge is 0.393 e. The fourth-order valence-corrected chi connectivity index (χ4v) is 1.65. The summed E-state index contributed by atoms with van der Waals surface area (Å²) in [5.41, 5.74) is -0.285. The minimum atomic E-state index is -1.08. The first-order valence-corrected chi connectivity index (χ1v) is 4.33. The lowest BCUT2D eigenvalue weighted by atomic mass is 10.0. The third-order valence-electron chi connectivity index (χ3n) is 1.66. The van der Waals surface area contributed by atoms with E-state index in [0.717, 1.165) is 10.4 Å². The number of aryl methyl sites for hydroxylation is 1. The molecule has 0 saturated carbocycles. The molecule has 0 radical (unpaired) electrons. The number of aliphatic hydroxyl groups is 2. The first-order chi connectivity index (χ1) is 5.06. The lowest BCUT2D eigenvalue weighted by Gasteiger charge is -2.18. The van der Waals surface area contributed by atoms with Gasteiger partial charge in [0.2, 0.25) is 0 Å². The summed E-state index contributed by atoms with van der Waals surface area (Å²) in [5.74, 6) is 0. The minimum Gasteiger partial charge on any atom is -0.393 e. The number of hydrogen-bond acceptors (Lipinski definition) is 3. The fraction of sp³-hybridized carbons (Fsp3) is 0.500. The molecule has 0 aliphatic carbocycles. The van der Waals surface area contributed by atoms with Crippen LogP contribution in [-0.4, -0.2) is 16.8 Å². The molecule has 1 aromatic rings. The topological polar surface area (TPSA) is 40.5 Å². The zero-order valence-electron chi connectivity index (χ0n) is 6.66. The van der Waals surface area contributed by atoms with Crippen molar-refractivity contribution in [1.82, 2.24) is 0 Å². The monoisotopic (exact) mass is 172 g/mol. The summed E-state index contributed by atoms with van der Waals surface area (Å²) in [6, 6.07) is 1.89. The molecule has 2 N–H and O–H groups in total. The van der Waals surface area contributed by atoms with Gasteiger partial charge >= 0.3 is 0 Å². The summed E-state index contributed by atoms with van der Waals surface area (Å²) in [4.78, 5) is 1.15. The average molecular weight is 172 g/mol. The van der Waals surface area contributed by atoms with Gasteiger partial charge in [-0.15, -0.1) is 11.3 Å². The first-order valence-electron chi connectivity index (χ1n) is 3.45. The van der Waals surface area contributed by atoms with Crippen LogP contribution in [0.1, 0.15) is 17.4 Å². The second-order valence-electron chi connectivity index (χ2n) is 2.88. The van der Waals surface area contributed by atoms with E-state index in [4.69, 9.17) is 5.11 Å². The van der Waals surface area contributed by atoms with E-state index < -0.39 is 5.60 Å².